The summed E-state index contributed by atoms with van der Waals surface area (Å²) < 4.78 is 8.02. The van der Waals surface area contributed by atoms with E-state index in [9.17, 15) is 4.79 Å². The highest BCUT2D eigenvalue weighted by molar-refractivity contribution is 5.94. The first-order chi connectivity index (χ1) is 13.3. The number of ether oxygens (including phenoxy) is 1. The zero-order valence-electron chi connectivity index (χ0n) is 15.2. The fraction of sp³-hybridized carbons (Fsp3) is 0.273. The van der Waals surface area contributed by atoms with Gasteiger partial charge in [-0.05, 0) is 62.1 Å². The molecule has 0 saturated heterocycles. The Labute approximate surface area is 159 Å². The first-order valence-electron chi connectivity index (χ1n) is 9.42. The smallest absolute Gasteiger partial charge is 0.251 e. The van der Waals surface area contributed by atoms with E-state index in [1.807, 2.05) is 65.5 Å². The number of rotatable bonds is 6. The molecule has 1 aromatic carbocycles. The number of hydrogen-bond acceptors (Lipinski definition) is 3. The van der Waals surface area contributed by atoms with Crippen LogP contribution in [0.5, 0.6) is 5.88 Å². The van der Waals surface area contributed by atoms with Gasteiger partial charge in [0.1, 0.15) is 6.10 Å². The fourth-order valence-electron chi connectivity index (χ4n) is 3.42. The molecule has 1 fully saturated rings. The number of carbonyl (C=O) groups excluding carboxylic acids is 1. The van der Waals surface area contributed by atoms with E-state index in [-0.39, 0.29) is 12.0 Å². The summed E-state index contributed by atoms with van der Waals surface area (Å²) in [5.41, 5.74) is 2.49. The lowest BCUT2D eigenvalue weighted by Gasteiger charge is -2.15. The summed E-state index contributed by atoms with van der Waals surface area (Å²) in [6, 6.07) is 15.3. The quantitative estimate of drug-likeness (QED) is 0.718. The number of benzene rings is 1. The average Bonchev–Trinajstić information content (AvgIpc) is 3.41. The highest BCUT2D eigenvalue weighted by Crippen LogP contribution is 2.25. The monoisotopic (exact) mass is 361 g/mol. The van der Waals surface area contributed by atoms with Gasteiger partial charge in [-0.3, -0.25) is 4.79 Å². The largest absolute Gasteiger partial charge is 0.474 e. The highest BCUT2D eigenvalue weighted by Gasteiger charge is 2.18. The molecule has 2 aromatic heterocycles. The summed E-state index contributed by atoms with van der Waals surface area (Å²) in [6.45, 7) is 0.391. The van der Waals surface area contributed by atoms with Gasteiger partial charge in [0.25, 0.3) is 5.91 Å². The molecule has 0 spiro atoms. The van der Waals surface area contributed by atoms with Gasteiger partial charge in [0, 0.05) is 41.9 Å². The molecule has 0 bridgehead atoms. The molecule has 1 saturated carbocycles. The summed E-state index contributed by atoms with van der Waals surface area (Å²) in [7, 11) is 0. The van der Waals surface area contributed by atoms with E-state index in [4.69, 9.17) is 4.74 Å². The maximum absolute atomic E-state index is 12.6. The van der Waals surface area contributed by atoms with Gasteiger partial charge in [-0.15, -0.1) is 0 Å². The van der Waals surface area contributed by atoms with Crippen LogP contribution in [0.15, 0.2) is 67.1 Å². The minimum absolute atomic E-state index is 0.111. The Bertz CT molecular complexity index is 899. The third-order valence-corrected chi connectivity index (χ3v) is 4.88. The third kappa shape index (κ3) is 4.19. The zero-order valence-corrected chi connectivity index (χ0v) is 15.2. The van der Waals surface area contributed by atoms with Crippen molar-refractivity contribution in [2.45, 2.75) is 38.3 Å². The number of nitrogens with zero attached hydrogens (tertiary/aromatic N) is 2. The van der Waals surface area contributed by atoms with Crippen molar-refractivity contribution in [3.63, 3.8) is 0 Å². The first-order valence-corrected chi connectivity index (χ1v) is 9.42. The van der Waals surface area contributed by atoms with Gasteiger partial charge in [0.05, 0.1) is 0 Å². The van der Waals surface area contributed by atoms with Gasteiger partial charge in [0.15, 0.2) is 0 Å². The lowest BCUT2D eigenvalue weighted by molar-refractivity contribution is 0.0950. The predicted octanol–water partition coefficient (Wildman–Crippen LogP) is 4.12. The van der Waals surface area contributed by atoms with E-state index >= 15 is 0 Å². The second-order valence-electron chi connectivity index (χ2n) is 6.82. The van der Waals surface area contributed by atoms with E-state index in [1.165, 1.54) is 12.8 Å². The van der Waals surface area contributed by atoms with Crippen LogP contribution >= 0.6 is 0 Å². The molecular formula is C22H23N3O2. The van der Waals surface area contributed by atoms with Crippen molar-refractivity contribution in [3.8, 4) is 11.6 Å². The van der Waals surface area contributed by atoms with Crippen LogP contribution in [0, 0.1) is 0 Å². The minimum Gasteiger partial charge on any atom is -0.474 e. The van der Waals surface area contributed by atoms with Crippen LogP contribution in [0.25, 0.3) is 5.69 Å². The Morgan fingerprint density at radius 2 is 1.93 bits per heavy atom. The number of nitrogens with one attached hydrogen (secondary N) is 1. The second-order valence-corrected chi connectivity index (χ2v) is 6.82. The average molecular weight is 361 g/mol. The number of hydrogen-bond donors (Lipinski definition) is 1. The summed E-state index contributed by atoms with van der Waals surface area (Å²) in [5, 5.41) is 2.98. The molecule has 1 aliphatic rings. The molecule has 0 unspecified atom stereocenters. The van der Waals surface area contributed by atoms with Crippen LogP contribution in [-0.2, 0) is 6.54 Å². The van der Waals surface area contributed by atoms with Crippen molar-refractivity contribution in [1.29, 1.82) is 0 Å². The molecule has 1 N–H and O–H groups in total. The normalized spacial score (nSPS) is 14.2. The summed E-state index contributed by atoms with van der Waals surface area (Å²) in [6.07, 6.45) is 10.5. The standard InChI is InChI=1S/C22H23N3O2/c26-21(17-7-5-9-19(15-17)25-13-3-4-14-25)24-16-18-8-6-12-23-22(18)27-20-10-1-2-11-20/h3-9,12-15,20H,1-2,10-11,16H2,(H,24,26). The molecule has 27 heavy (non-hydrogen) atoms. The van der Waals surface area contributed by atoms with Gasteiger partial charge in [0.2, 0.25) is 5.88 Å². The molecule has 3 aromatic rings. The molecule has 4 rings (SSSR count). The van der Waals surface area contributed by atoms with Crippen molar-refractivity contribution >= 4 is 5.91 Å². The molecule has 0 atom stereocenters. The Morgan fingerprint density at radius 1 is 1.11 bits per heavy atom. The molecule has 0 radical (unpaired) electrons. The highest BCUT2D eigenvalue weighted by atomic mass is 16.5. The molecule has 5 nitrogen and oxygen atoms in total. The summed E-state index contributed by atoms with van der Waals surface area (Å²) >= 11 is 0. The van der Waals surface area contributed by atoms with Crippen LogP contribution < -0.4 is 10.1 Å². The molecule has 0 aliphatic heterocycles. The van der Waals surface area contributed by atoms with E-state index in [1.54, 1.807) is 6.20 Å². The fourth-order valence-corrected chi connectivity index (χ4v) is 3.42. The maximum atomic E-state index is 12.6. The lowest BCUT2D eigenvalue weighted by atomic mass is 10.1. The Hall–Kier alpha value is -3.08. The minimum atomic E-state index is -0.111. The molecule has 1 aliphatic carbocycles. The second kappa shape index (κ2) is 8.08. The van der Waals surface area contributed by atoms with Crippen LogP contribution in [0.4, 0.5) is 0 Å². The number of pyridine rings is 1. The van der Waals surface area contributed by atoms with Crippen molar-refractivity contribution in [2.75, 3.05) is 0 Å². The van der Waals surface area contributed by atoms with Crippen molar-refractivity contribution in [3.05, 3.63) is 78.2 Å². The van der Waals surface area contributed by atoms with Crippen LogP contribution in [-0.4, -0.2) is 21.6 Å². The molecule has 5 heteroatoms. The van der Waals surface area contributed by atoms with Gasteiger partial charge in [-0.2, -0.15) is 0 Å². The summed E-state index contributed by atoms with van der Waals surface area (Å²) in [4.78, 5) is 17.0. The predicted molar refractivity (Wildman–Crippen MR) is 104 cm³/mol. The van der Waals surface area contributed by atoms with Crippen molar-refractivity contribution in [2.24, 2.45) is 0 Å². The van der Waals surface area contributed by atoms with E-state index in [0.29, 0.717) is 18.0 Å². The third-order valence-electron chi connectivity index (χ3n) is 4.88. The zero-order chi connectivity index (χ0) is 18.5. The van der Waals surface area contributed by atoms with Gasteiger partial charge < -0.3 is 14.6 Å². The van der Waals surface area contributed by atoms with E-state index in [2.05, 4.69) is 10.3 Å². The van der Waals surface area contributed by atoms with E-state index < -0.39 is 0 Å². The Balaban J connectivity index is 1.43. The van der Waals surface area contributed by atoms with Crippen LogP contribution in [0.1, 0.15) is 41.6 Å². The first kappa shape index (κ1) is 17.3. The SMILES string of the molecule is O=C(NCc1cccnc1OC1CCCC1)c1cccc(-n2cccc2)c1. The lowest BCUT2D eigenvalue weighted by Crippen LogP contribution is -2.24. The molecule has 1 amide bonds. The number of carbonyl (C=O) groups is 1. The van der Waals surface area contributed by atoms with E-state index in [0.717, 1.165) is 24.1 Å². The summed E-state index contributed by atoms with van der Waals surface area (Å²) in [5.74, 6) is 0.519. The van der Waals surface area contributed by atoms with Crippen molar-refractivity contribution in [1.82, 2.24) is 14.9 Å². The van der Waals surface area contributed by atoms with Crippen LogP contribution in [0.3, 0.4) is 0 Å². The molecule has 138 valence electrons. The van der Waals surface area contributed by atoms with Gasteiger partial charge >= 0.3 is 0 Å². The number of amides is 1. The Kier molecular flexibility index (Phi) is 5.19. The molecular weight excluding hydrogens is 338 g/mol. The Morgan fingerprint density at radius 3 is 2.74 bits per heavy atom. The van der Waals surface area contributed by atoms with Crippen LogP contribution in [0.2, 0.25) is 0 Å². The topological polar surface area (TPSA) is 56.1 Å². The van der Waals surface area contributed by atoms with Crippen molar-refractivity contribution < 1.29 is 9.53 Å². The molecule has 2 heterocycles. The maximum Gasteiger partial charge on any atom is 0.251 e. The van der Waals surface area contributed by atoms with Gasteiger partial charge in [-0.25, -0.2) is 4.98 Å². The number of aromatic nitrogens is 2. The van der Waals surface area contributed by atoms with Gasteiger partial charge in [-0.1, -0.05) is 12.1 Å².